The molecule has 0 saturated heterocycles. The summed E-state index contributed by atoms with van der Waals surface area (Å²) in [5, 5.41) is 11.1. The molecular formula is C18H18Cl2N4OS. The van der Waals surface area contributed by atoms with Gasteiger partial charge < -0.3 is 15.2 Å². The van der Waals surface area contributed by atoms with Crippen LogP contribution in [0.5, 0.6) is 0 Å². The van der Waals surface area contributed by atoms with Crippen LogP contribution in [0.15, 0.2) is 17.5 Å². The topological polar surface area (TPSA) is 59.0 Å². The maximum Gasteiger partial charge on any atom is 0.246 e. The highest BCUT2D eigenvalue weighted by Crippen LogP contribution is 2.37. The van der Waals surface area contributed by atoms with Gasteiger partial charge in [0.25, 0.3) is 0 Å². The van der Waals surface area contributed by atoms with Crippen molar-refractivity contribution in [3.8, 4) is 0 Å². The van der Waals surface area contributed by atoms with E-state index >= 15 is 0 Å². The van der Waals surface area contributed by atoms with E-state index in [1.165, 1.54) is 16.9 Å². The highest BCUT2D eigenvalue weighted by atomic mass is 35.5. The zero-order valence-corrected chi connectivity index (χ0v) is 16.6. The normalized spacial score (nSPS) is 14.3. The quantitative estimate of drug-likeness (QED) is 0.687. The molecule has 0 bridgehead atoms. The minimum Gasteiger partial charge on any atom is -0.334 e. The third kappa shape index (κ3) is 3.22. The van der Waals surface area contributed by atoms with E-state index in [2.05, 4.69) is 15.6 Å². The minimum absolute atomic E-state index is 0.118. The molecule has 0 aliphatic carbocycles. The first-order valence-electron chi connectivity index (χ1n) is 8.45. The van der Waals surface area contributed by atoms with Gasteiger partial charge in [0.05, 0.1) is 21.3 Å². The third-order valence-corrected chi connectivity index (χ3v) is 6.08. The number of fused-ring (bicyclic) bond motifs is 3. The maximum atomic E-state index is 12.6. The molecule has 5 nitrogen and oxygen atoms in total. The first-order valence-corrected chi connectivity index (χ1v) is 10.1. The van der Waals surface area contributed by atoms with Crippen LogP contribution in [0.2, 0.25) is 10.0 Å². The minimum atomic E-state index is -0.118. The number of benzene rings is 1. The highest BCUT2D eigenvalue weighted by molar-refractivity contribution is 7.13. The molecule has 0 saturated carbocycles. The van der Waals surface area contributed by atoms with Gasteiger partial charge in [0.1, 0.15) is 6.54 Å². The van der Waals surface area contributed by atoms with Crippen LogP contribution in [-0.2, 0) is 24.2 Å². The summed E-state index contributed by atoms with van der Waals surface area (Å²) in [6.07, 6.45) is 1.70. The van der Waals surface area contributed by atoms with E-state index in [1.807, 2.05) is 22.9 Å². The fraction of sp³-hybridized carbons (Fsp3) is 0.333. The number of amides is 1. The summed E-state index contributed by atoms with van der Waals surface area (Å²) in [4.78, 5) is 16.9. The molecule has 1 aliphatic rings. The zero-order chi connectivity index (χ0) is 18.3. The van der Waals surface area contributed by atoms with Crippen LogP contribution >= 0.6 is 34.5 Å². The Bertz CT molecular complexity index is 995. The molecule has 2 aromatic heterocycles. The number of carbonyl (C=O) groups excluding carboxylic acids is 1. The summed E-state index contributed by atoms with van der Waals surface area (Å²) in [6, 6.07) is 3.62. The molecule has 26 heavy (non-hydrogen) atoms. The van der Waals surface area contributed by atoms with Crippen LogP contribution in [0, 0.1) is 6.92 Å². The third-order valence-electron chi connectivity index (χ3n) is 4.58. The molecule has 0 radical (unpaired) electrons. The van der Waals surface area contributed by atoms with Gasteiger partial charge in [-0.05, 0) is 37.6 Å². The lowest BCUT2D eigenvalue weighted by molar-refractivity contribution is -0.116. The second-order valence-electron chi connectivity index (χ2n) is 6.36. The number of carbonyl (C=O) groups is 1. The van der Waals surface area contributed by atoms with Crippen molar-refractivity contribution in [2.24, 2.45) is 0 Å². The van der Waals surface area contributed by atoms with E-state index in [9.17, 15) is 4.79 Å². The zero-order valence-electron chi connectivity index (χ0n) is 14.2. The van der Waals surface area contributed by atoms with E-state index in [0.717, 1.165) is 48.2 Å². The number of nitrogens with one attached hydrogen (secondary N) is 2. The number of aromatic nitrogens is 2. The Balaban J connectivity index is 1.77. The summed E-state index contributed by atoms with van der Waals surface area (Å²) in [5.41, 5.74) is 4.06. The number of hydrogen-bond acceptors (Lipinski definition) is 4. The maximum absolute atomic E-state index is 12.6. The van der Waals surface area contributed by atoms with Crippen LogP contribution in [-0.4, -0.2) is 28.5 Å². The number of anilines is 1. The lowest BCUT2D eigenvalue weighted by Gasteiger charge is -2.11. The second kappa shape index (κ2) is 7.19. The van der Waals surface area contributed by atoms with E-state index in [0.29, 0.717) is 15.2 Å². The Labute approximate surface area is 165 Å². The Morgan fingerprint density at radius 2 is 2.08 bits per heavy atom. The number of rotatable bonds is 3. The van der Waals surface area contributed by atoms with Gasteiger partial charge >= 0.3 is 0 Å². The summed E-state index contributed by atoms with van der Waals surface area (Å²) in [6.45, 7) is 3.84. The molecule has 3 aromatic rings. The fourth-order valence-electron chi connectivity index (χ4n) is 3.52. The van der Waals surface area contributed by atoms with E-state index < -0.39 is 0 Å². The molecule has 0 fully saturated rings. The van der Waals surface area contributed by atoms with Gasteiger partial charge in [0.15, 0.2) is 5.13 Å². The Morgan fingerprint density at radius 1 is 1.31 bits per heavy atom. The number of nitrogens with zero attached hydrogens (tertiary/aromatic N) is 2. The van der Waals surface area contributed by atoms with E-state index in [1.54, 1.807) is 6.07 Å². The van der Waals surface area contributed by atoms with Crippen molar-refractivity contribution in [2.75, 3.05) is 18.4 Å². The van der Waals surface area contributed by atoms with E-state index in [4.69, 9.17) is 23.2 Å². The number of aryl methyl sites for hydroxylation is 1. The molecule has 0 spiro atoms. The van der Waals surface area contributed by atoms with Gasteiger partial charge in [-0.25, -0.2) is 4.98 Å². The summed E-state index contributed by atoms with van der Waals surface area (Å²) in [5.74, 6) is -0.118. The largest absolute Gasteiger partial charge is 0.334 e. The van der Waals surface area contributed by atoms with Crippen LogP contribution in [0.4, 0.5) is 5.13 Å². The standard InChI is InChI=1S/C18H18Cl2N4OS/c1-10-9-26-18(22-10)23-15(25)8-24-14-5-7-21-6-4-11(14)16-12(19)2-3-13(20)17(16)24/h2-3,9,21H,4-8H2,1H3,(H,22,23,25). The molecule has 0 atom stereocenters. The van der Waals surface area contributed by atoms with Crippen LogP contribution in [0.1, 0.15) is 17.0 Å². The van der Waals surface area contributed by atoms with Gasteiger partial charge in [0.2, 0.25) is 5.91 Å². The fourth-order valence-corrected chi connectivity index (χ4v) is 4.75. The van der Waals surface area contributed by atoms with Crippen molar-refractivity contribution in [1.29, 1.82) is 0 Å². The van der Waals surface area contributed by atoms with Crippen molar-refractivity contribution in [3.63, 3.8) is 0 Å². The van der Waals surface area contributed by atoms with Crippen molar-refractivity contribution in [3.05, 3.63) is 44.5 Å². The van der Waals surface area contributed by atoms with Crippen LogP contribution in [0.3, 0.4) is 0 Å². The molecule has 1 aromatic carbocycles. The predicted molar refractivity (Wildman–Crippen MR) is 108 cm³/mol. The number of hydrogen-bond donors (Lipinski definition) is 2. The first-order chi connectivity index (χ1) is 12.5. The predicted octanol–water partition coefficient (Wildman–Crippen LogP) is 4.04. The lowest BCUT2D eigenvalue weighted by atomic mass is 10.1. The molecule has 0 unspecified atom stereocenters. The summed E-state index contributed by atoms with van der Waals surface area (Å²) >= 11 is 14.4. The number of thiazole rings is 1. The molecule has 1 amide bonds. The molecule has 1 aliphatic heterocycles. The molecule has 8 heteroatoms. The van der Waals surface area contributed by atoms with Crippen molar-refractivity contribution >= 4 is 56.5 Å². The van der Waals surface area contributed by atoms with Gasteiger partial charge in [-0.15, -0.1) is 11.3 Å². The molecular weight excluding hydrogens is 391 g/mol. The summed E-state index contributed by atoms with van der Waals surface area (Å²) in [7, 11) is 0. The SMILES string of the molecule is Cc1csc(NC(=O)Cn2c3c(c4c(Cl)ccc(Cl)c42)CCNCC3)n1. The Morgan fingerprint density at radius 3 is 2.85 bits per heavy atom. The van der Waals surface area contributed by atoms with Crippen LogP contribution < -0.4 is 10.6 Å². The number of halogens is 2. The van der Waals surface area contributed by atoms with Gasteiger partial charge in [-0.3, -0.25) is 4.79 Å². The first kappa shape index (κ1) is 17.8. The molecule has 4 rings (SSSR count). The Hall–Kier alpha value is -1.60. The Kier molecular flexibility index (Phi) is 4.92. The van der Waals surface area contributed by atoms with Gasteiger partial charge in [0, 0.05) is 29.4 Å². The second-order valence-corrected chi connectivity index (χ2v) is 8.03. The van der Waals surface area contributed by atoms with Crippen molar-refractivity contribution in [1.82, 2.24) is 14.9 Å². The van der Waals surface area contributed by atoms with E-state index in [-0.39, 0.29) is 12.5 Å². The smallest absolute Gasteiger partial charge is 0.246 e. The average Bonchev–Trinajstić information content (AvgIpc) is 3.03. The van der Waals surface area contributed by atoms with Crippen molar-refractivity contribution in [2.45, 2.75) is 26.3 Å². The van der Waals surface area contributed by atoms with Gasteiger partial charge in [-0.1, -0.05) is 23.2 Å². The monoisotopic (exact) mass is 408 g/mol. The lowest BCUT2D eigenvalue weighted by Crippen LogP contribution is -2.21. The van der Waals surface area contributed by atoms with Gasteiger partial charge in [-0.2, -0.15) is 0 Å². The highest BCUT2D eigenvalue weighted by Gasteiger charge is 2.23. The average molecular weight is 409 g/mol. The van der Waals surface area contributed by atoms with Crippen molar-refractivity contribution < 1.29 is 4.79 Å². The van der Waals surface area contributed by atoms with Crippen LogP contribution in [0.25, 0.3) is 10.9 Å². The molecule has 2 N–H and O–H groups in total. The molecule has 3 heterocycles. The molecule has 136 valence electrons. The summed E-state index contributed by atoms with van der Waals surface area (Å²) < 4.78 is 2.02.